The van der Waals surface area contributed by atoms with Crippen molar-refractivity contribution in [1.29, 1.82) is 0 Å². The number of carbonyl (C=O) groups excluding carboxylic acids is 1. The Labute approximate surface area is 139 Å². The van der Waals surface area contributed by atoms with Crippen LogP contribution in [0.25, 0.3) is 0 Å². The molecule has 4 fully saturated rings. The summed E-state index contributed by atoms with van der Waals surface area (Å²) in [4.78, 5) is 23.2. The molecule has 0 aromatic rings. The Morgan fingerprint density at radius 2 is 1.39 bits per heavy atom. The maximum atomic E-state index is 12.7. The first kappa shape index (κ1) is 16.8. The van der Waals surface area contributed by atoms with Crippen LogP contribution in [0.2, 0.25) is 0 Å². The standard InChI is InChI=1S/C19H31NO3/c21-17(22)6-4-2-1-3-5-7-20-18(23)19-11-14-8-15(12-19)10-16(9-14)13-19/h14-16H,1-13H2,(H,20,23)(H,21,22). The third-order valence-electron chi connectivity index (χ3n) is 6.37. The Morgan fingerprint density at radius 1 is 0.870 bits per heavy atom. The van der Waals surface area contributed by atoms with Crippen molar-refractivity contribution < 1.29 is 14.7 Å². The zero-order valence-corrected chi connectivity index (χ0v) is 14.2. The molecule has 0 aromatic carbocycles. The van der Waals surface area contributed by atoms with Gasteiger partial charge in [-0.05, 0) is 69.1 Å². The number of unbranched alkanes of at least 4 members (excludes halogenated alkanes) is 4. The number of aliphatic carboxylic acids is 1. The maximum absolute atomic E-state index is 12.7. The largest absolute Gasteiger partial charge is 0.481 e. The predicted octanol–water partition coefficient (Wildman–Crippen LogP) is 3.74. The highest BCUT2D eigenvalue weighted by Gasteiger charge is 2.54. The van der Waals surface area contributed by atoms with Gasteiger partial charge in [0, 0.05) is 18.4 Å². The van der Waals surface area contributed by atoms with Crippen molar-refractivity contribution in [3.05, 3.63) is 0 Å². The first-order valence-corrected chi connectivity index (χ1v) is 9.57. The predicted molar refractivity (Wildman–Crippen MR) is 89.0 cm³/mol. The first-order valence-electron chi connectivity index (χ1n) is 9.57. The van der Waals surface area contributed by atoms with Crippen molar-refractivity contribution in [3.63, 3.8) is 0 Å². The van der Waals surface area contributed by atoms with E-state index in [0.717, 1.165) is 75.7 Å². The van der Waals surface area contributed by atoms with Gasteiger partial charge in [-0.15, -0.1) is 0 Å². The third kappa shape index (κ3) is 4.07. The van der Waals surface area contributed by atoms with Crippen LogP contribution in [0.3, 0.4) is 0 Å². The summed E-state index contributed by atoms with van der Waals surface area (Å²) >= 11 is 0. The fourth-order valence-corrected chi connectivity index (χ4v) is 5.71. The molecular weight excluding hydrogens is 290 g/mol. The minimum Gasteiger partial charge on any atom is -0.481 e. The highest BCUT2D eigenvalue weighted by Crippen LogP contribution is 2.60. The van der Waals surface area contributed by atoms with Gasteiger partial charge in [0.25, 0.3) is 0 Å². The van der Waals surface area contributed by atoms with Crippen molar-refractivity contribution in [2.24, 2.45) is 23.2 Å². The van der Waals surface area contributed by atoms with Crippen LogP contribution in [0.1, 0.15) is 77.0 Å². The number of hydrogen-bond acceptors (Lipinski definition) is 2. The van der Waals surface area contributed by atoms with Crippen LogP contribution < -0.4 is 5.32 Å². The van der Waals surface area contributed by atoms with Crippen LogP contribution in [0.15, 0.2) is 0 Å². The Hall–Kier alpha value is -1.06. The molecule has 0 spiro atoms. The average molecular weight is 321 g/mol. The van der Waals surface area contributed by atoms with Gasteiger partial charge in [0.2, 0.25) is 5.91 Å². The van der Waals surface area contributed by atoms with Gasteiger partial charge in [-0.2, -0.15) is 0 Å². The second kappa shape index (κ2) is 7.23. The lowest BCUT2D eigenvalue weighted by molar-refractivity contribution is -0.146. The lowest BCUT2D eigenvalue weighted by Crippen LogP contribution is -2.53. The van der Waals surface area contributed by atoms with Gasteiger partial charge in [-0.1, -0.05) is 19.3 Å². The molecule has 0 unspecified atom stereocenters. The fraction of sp³-hybridized carbons (Fsp3) is 0.895. The average Bonchev–Trinajstić information content (AvgIpc) is 2.48. The minimum absolute atomic E-state index is 0.0176. The van der Waals surface area contributed by atoms with E-state index >= 15 is 0 Å². The van der Waals surface area contributed by atoms with Crippen molar-refractivity contribution in [3.8, 4) is 0 Å². The summed E-state index contributed by atoms with van der Waals surface area (Å²) in [6, 6.07) is 0. The number of carboxylic acids is 1. The molecule has 4 bridgehead atoms. The van der Waals surface area contributed by atoms with E-state index in [1.54, 1.807) is 0 Å². The van der Waals surface area contributed by atoms with E-state index in [9.17, 15) is 9.59 Å². The SMILES string of the molecule is O=C(O)CCCCCCCNC(=O)C12CC3CC(CC(C3)C1)C2. The summed E-state index contributed by atoms with van der Waals surface area (Å²) < 4.78 is 0. The quantitative estimate of drug-likeness (QED) is 0.636. The molecule has 0 saturated heterocycles. The molecular formula is C19H31NO3. The molecule has 4 nitrogen and oxygen atoms in total. The van der Waals surface area contributed by atoms with Gasteiger partial charge >= 0.3 is 5.97 Å². The summed E-state index contributed by atoms with van der Waals surface area (Å²) in [5.41, 5.74) is -0.0176. The first-order chi connectivity index (χ1) is 11.1. The molecule has 0 heterocycles. The van der Waals surface area contributed by atoms with Crippen LogP contribution in [0.4, 0.5) is 0 Å². The Balaban J connectivity index is 1.32. The number of carboxylic acid groups (broad SMARTS) is 1. The van der Waals surface area contributed by atoms with Crippen LogP contribution in [-0.2, 0) is 9.59 Å². The number of nitrogens with one attached hydrogen (secondary N) is 1. The van der Waals surface area contributed by atoms with Gasteiger partial charge in [0.05, 0.1) is 0 Å². The topological polar surface area (TPSA) is 66.4 Å². The van der Waals surface area contributed by atoms with Crippen LogP contribution in [0, 0.1) is 23.2 Å². The van der Waals surface area contributed by atoms with Crippen LogP contribution in [-0.4, -0.2) is 23.5 Å². The molecule has 4 heteroatoms. The molecule has 4 aliphatic carbocycles. The zero-order valence-electron chi connectivity index (χ0n) is 14.2. The fourth-order valence-electron chi connectivity index (χ4n) is 5.71. The second-order valence-corrected chi connectivity index (χ2v) is 8.37. The monoisotopic (exact) mass is 321 g/mol. The summed E-state index contributed by atoms with van der Waals surface area (Å²) in [7, 11) is 0. The highest BCUT2D eigenvalue weighted by atomic mass is 16.4. The number of rotatable bonds is 9. The second-order valence-electron chi connectivity index (χ2n) is 8.37. The summed E-state index contributed by atoms with van der Waals surface area (Å²) in [5, 5.41) is 11.8. The summed E-state index contributed by atoms with van der Waals surface area (Å²) in [6.07, 6.45) is 12.8. The van der Waals surface area contributed by atoms with E-state index < -0.39 is 5.97 Å². The van der Waals surface area contributed by atoms with Crippen LogP contribution >= 0.6 is 0 Å². The van der Waals surface area contributed by atoms with Gasteiger partial charge in [-0.3, -0.25) is 9.59 Å². The molecule has 2 N–H and O–H groups in total. The van der Waals surface area contributed by atoms with E-state index in [0.29, 0.717) is 5.91 Å². The maximum Gasteiger partial charge on any atom is 0.303 e. The molecule has 4 aliphatic rings. The van der Waals surface area contributed by atoms with Crippen molar-refractivity contribution in [1.82, 2.24) is 5.32 Å². The summed E-state index contributed by atoms with van der Waals surface area (Å²) in [6.45, 7) is 0.791. The van der Waals surface area contributed by atoms with E-state index in [1.807, 2.05) is 0 Å². The van der Waals surface area contributed by atoms with Crippen LogP contribution in [0.5, 0.6) is 0 Å². The molecule has 4 saturated carbocycles. The van der Waals surface area contributed by atoms with E-state index in [4.69, 9.17) is 5.11 Å². The Kier molecular flexibility index (Phi) is 5.27. The smallest absolute Gasteiger partial charge is 0.303 e. The van der Waals surface area contributed by atoms with Gasteiger partial charge < -0.3 is 10.4 Å². The van der Waals surface area contributed by atoms with Crippen molar-refractivity contribution >= 4 is 11.9 Å². The molecule has 0 aliphatic heterocycles. The van der Waals surface area contributed by atoms with Gasteiger partial charge in [0.1, 0.15) is 0 Å². The van der Waals surface area contributed by atoms with E-state index in [1.165, 1.54) is 19.3 Å². The normalized spacial score (nSPS) is 34.5. The Bertz CT molecular complexity index is 411. The molecule has 0 radical (unpaired) electrons. The molecule has 0 atom stereocenters. The van der Waals surface area contributed by atoms with E-state index in [2.05, 4.69) is 5.32 Å². The molecule has 23 heavy (non-hydrogen) atoms. The highest BCUT2D eigenvalue weighted by molar-refractivity contribution is 5.83. The molecule has 130 valence electrons. The minimum atomic E-state index is -0.701. The Morgan fingerprint density at radius 3 is 1.96 bits per heavy atom. The molecule has 4 rings (SSSR count). The summed E-state index contributed by atoms with van der Waals surface area (Å²) in [5.74, 6) is 2.10. The van der Waals surface area contributed by atoms with Crippen molar-refractivity contribution in [2.45, 2.75) is 77.0 Å². The van der Waals surface area contributed by atoms with Gasteiger partial charge in [0.15, 0.2) is 0 Å². The lowest BCUT2D eigenvalue weighted by atomic mass is 9.49. The number of carbonyl (C=O) groups is 2. The molecule has 1 amide bonds. The lowest BCUT2D eigenvalue weighted by Gasteiger charge is -2.55. The number of hydrogen-bond donors (Lipinski definition) is 2. The van der Waals surface area contributed by atoms with Gasteiger partial charge in [-0.25, -0.2) is 0 Å². The number of amides is 1. The van der Waals surface area contributed by atoms with Crippen molar-refractivity contribution in [2.75, 3.05) is 6.54 Å². The molecule has 0 aromatic heterocycles. The zero-order chi connectivity index (χ0) is 16.3. The van der Waals surface area contributed by atoms with E-state index in [-0.39, 0.29) is 11.8 Å². The third-order valence-corrected chi connectivity index (χ3v) is 6.37.